The molecule has 0 unspecified atom stereocenters. The number of ether oxygens (including phenoxy) is 3. The summed E-state index contributed by atoms with van der Waals surface area (Å²) in [5.41, 5.74) is -1.69. The van der Waals surface area contributed by atoms with Gasteiger partial charge >= 0.3 is 17.9 Å². The molecule has 2 aromatic carbocycles. The van der Waals surface area contributed by atoms with Crippen molar-refractivity contribution in [2.45, 2.75) is 49.4 Å². The second kappa shape index (κ2) is 14.1. The van der Waals surface area contributed by atoms with Crippen LogP contribution in [0.3, 0.4) is 0 Å². The van der Waals surface area contributed by atoms with Crippen molar-refractivity contribution in [2.24, 2.45) is 0 Å². The number of esters is 3. The first-order chi connectivity index (χ1) is 18.0. The van der Waals surface area contributed by atoms with Crippen molar-refractivity contribution in [2.75, 3.05) is 19.8 Å². The number of benzene rings is 2. The zero-order valence-corrected chi connectivity index (χ0v) is 22.3. The Morgan fingerprint density at radius 1 is 0.711 bits per heavy atom. The van der Waals surface area contributed by atoms with Crippen molar-refractivity contribution in [3.05, 3.63) is 59.7 Å². The van der Waals surface area contributed by atoms with Gasteiger partial charge in [0.15, 0.2) is 18.2 Å². The van der Waals surface area contributed by atoms with E-state index in [1.54, 1.807) is 36.4 Å². The molecule has 0 saturated carbocycles. The molecular formula is C27H29NO9S. The smallest absolute Gasteiger partial charge is 0.344 e. The lowest BCUT2D eigenvalue weighted by Gasteiger charge is -2.29. The van der Waals surface area contributed by atoms with Crippen LogP contribution < -0.4 is 5.32 Å². The van der Waals surface area contributed by atoms with Crippen LogP contribution in [0.15, 0.2) is 58.3 Å². The van der Waals surface area contributed by atoms with Gasteiger partial charge in [-0.1, -0.05) is 36.0 Å². The first-order valence-corrected chi connectivity index (χ1v) is 12.5. The number of carbonyl (C=O) groups excluding carboxylic acids is 6. The quantitative estimate of drug-likeness (QED) is 0.173. The molecule has 0 spiro atoms. The summed E-state index contributed by atoms with van der Waals surface area (Å²) in [6, 6.07) is 13.2. The predicted octanol–water partition coefficient (Wildman–Crippen LogP) is 3.16. The summed E-state index contributed by atoms with van der Waals surface area (Å²) >= 11 is 1.38. The van der Waals surface area contributed by atoms with Gasteiger partial charge in [0, 0.05) is 34.8 Å². The maximum atomic E-state index is 13.1. The number of nitrogens with one attached hydrogen (secondary N) is 1. The van der Waals surface area contributed by atoms with Crippen LogP contribution in [-0.4, -0.2) is 60.7 Å². The summed E-state index contributed by atoms with van der Waals surface area (Å²) < 4.78 is 14.7. The Balaban J connectivity index is 2.17. The highest BCUT2D eigenvalue weighted by molar-refractivity contribution is 7.99. The average Bonchev–Trinajstić information content (AvgIpc) is 2.87. The van der Waals surface area contributed by atoms with E-state index in [-0.39, 0.29) is 31.2 Å². The molecule has 0 radical (unpaired) electrons. The van der Waals surface area contributed by atoms with Crippen molar-refractivity contribution in [1.29, 1.82) is 0 Å². The van der Waals surface area contributed by atoms with Crippen molar-refractivity contribution in [1.82, 2.24) is 5.32 Å². The molecule has 10 nitrogen and oxygen atoms in total. The Morgan fingerprint density at radius 3 is 1.55 bits per heavy atom. The fourth-order valence-electron chi connectivity index (χ4n) is 3.33. The van der Waals surface area contributed by atoms with Crippen molar-refractivity contribution >= 4 is 47.1 Å². The van der Waals surface area contributed by atoms with Gasteiger partial charge < -0.3 is 19.5 Å². The third-order valence-electron chi connectivity index (χ3n) is 5.06. The third-order valence-corrected chi connectivity index (χ3v) is 6.07. The van der Waals surface area contributed by atoms with Crippen molar-refractivity contribution in [3.63, 3.8) is 0 Å². The minimum absolute atomic E-state index is 0.0684. The molecule has 0 saturated heterocycles. The molecule has 0 aromatic heterocycles. The first kappa shape index (κ1) is 30.2. The van der Waals surface area contributed by atoms with Gasteiger partial charge in [0.2, 0.25) is 11.4 Å². The molecule has 2 aromatic rings. The number of hydrogen-bond donors (Lipinski definition) is 1. The lowest BCUT2D eigenvalue weighted by atomic mass is 9.90. The second-order valence-electron chi connectivity index (χ2n) is 7.98. The van der Waals surface area contributed by atoms with E-state index in [0.29, 0.717) is 5.56 Å². The van der Waals surface area contributed by atoms with Crippen LogP contribution >= 0.6 is 11.8 Å². The summed E-state index contributed by atoms with van der Waals surface area (Å²) in [5, 5.41) is 2.27. The van der Waals surface area contributed by atoms with Gasteiger partial charge in [0.1, 0.15) is 0 Å². The molecule has 202 valence electrons. The Kier molecular flexibility index (Phi) is 11.2. The number of ketones is 2. The molecule has 0 heterocycles. The average molecular weight is 544 g/mol. The largest absolute Gasteiger partial charge is 0.464 e. The standard InChI is InChI=1S/C27H29NO9S/c1-5-35-25(33)27(28-17(3)29,26(34)36-6-2)15-23(31)19-7-11-21(12-8-19)38-22-13-9-20(10-14-22)24(32)16-37-18(4)30/h7-14H,5-6,15-16H2,1-4H3,(H,28,29). The summed E-state index contributed by atoms with van der Waals surface area (Å²) in [6.07, 6.45) is -0.681. The van der Waals surface area contributed by atoms with E-state index in [1.807, 2.05) is 0 Å². The van der Waals surface area contributed by atoms with Crippen molar-refractivity contribution in [3.8, 4) is 0 Å². The van der Waals surface area contributed by atoms with Crippen LogP contribution in [0.25, 0.3) is 0 Å². The molecule has 0 aliphatic rings. The first-order valence-electron chi connectivity index (χ1n) is 11.7. The summed E-state index contributed by atoms with van der Waals surface area (Å²) in [5.74, 6) is -4.29. The van der Waals surface area contributed by atoms with E-state index in [1.165, 1.54) is 44.7 Å². The molecule has 0 fully saturated rings. The van der Waals surface area contributed by atoms with Crippen LogP contribution in [0.1, 0.15) is 54.8 Å². The predicted molar refractivity (Wildman–Crippen MR) is 137 cm³/mol. The van der Waals surface area contributed by atoms with Gasteiger partial charge in [0.05, 0.1) is 19.6 Å². The molecule has 1 N–H and O–H groups in total. The SMILES string of the molecule is CCOC(=O)C(CC(=O)c1ccc(Sc2ccc(C(=O)COC(C)=O)cc2)cc1)(NC(C)=O)C(=O)OCC. The van der Waals surface area contributed by atoms with Crippen molar-refractivity contribution < 1.29 is 43.0 Å². The fourth-order valence-corrected chi connectivity index (χ4v) is 4.15. The van der Waals surface area contributed by atoms with E-state index in [2.05, 4.69) is 5.32 Å². The minimum atomic E-state index is -2.31. The highest BCUT2D eigenvalue weighted by Gasteiger charge is 2.51. The molecule has 2 rings (SSSR count). The zero-order valence-electron chi connectivity index (χ0n) is 21.5. The molecule has 0 atom stereocenters. The highest BCUT2D eigenvalue weighted by atomic mass is 32.2. The maximum Gasteiger partial charge on any atom is 0.344 e. The molecule has 11 heteroatoms. The number of hydrogen-bond acceptors (Lipinski definition) is 10. The third kappa shape index (κ3) is 8.27. The van der Waals surface area contributed by atoms with E-state index in [4.69, 9.17) is 14.2 Å². The minimum Gasteiger partial charge on any atom is -0.464 e. The van der Waals surface area contributed by atoms with Crippen LogP contribution in [0, 0.1) is 0 Å². The lowest BCUT2D eigenvalue weighted by Crippen LogP contribution is -2.62. The topological polar surface area (TPSA) is 142 Å². The van der Waals surface area contributed by atoms with E-state index in [9.17, 15) is 28.8 Å². The lowest BCUT2D eigenvalue weighted by molar-refractivity contribution is -0.167. The Morgan fingerprint density at radius 2 is 1.16 bits per heavy atom. The summed E-state index contributed by atoms with van der Waals surface area (Å²) in [7, 11) is 0. The maximum absolute atomic E-state index is 13.1. The zero-order chi connectivity index (χ0) is 28.3. The van der Waals surface area contributed by atoms with Gasteiger partial charge in [0.25, 0.3) is 0 Å². The van der Waals surface area contributed by atoms with Gasteiger partial charge in [-0.15, -0.1) is 0 Å². The molecular weight excluding hydrogens is 514 g/mol. The van der Waals surface area contributed by atoms with E-state index >= 15 is 0 Å². The second-order valence-corrected chi connectivity index (χ2v) is 9.13. The number of rotatable bonds is 13. The Labute approximate surface area is 224 Å². The Bertz CT molecular complexity index is 1170. The van der Waals surface area contributed by atoms with Gasteiger partial charge in [-0.05, 0) is 38.1 Å². The van der Waals surface area contributed by atoms with Gasteiger partial charge in [-0.3, -0.25) is 19.2 Å². The van der Waals surface area contributed by atoms with Gasteiger partial charge in [-0.25, -0.2) is 9.59 Å². The monoisotopic (exact) mass is 543 g/mol. The molecule has 38 heavy (non-hydrogen) atoms. The Hall–Kier alpha value is -3.99. The fraction of sp³-hybridized carbons (Fsp3) is 0.333. The summed E-state index contributed by atoms with van der Waals surface area (Å²) in [6.45, 7) is 4.95. The normalized spacial score (nSPS) is 10.7. The van der Waals surface area contributed by atoms with Gasteiger partial charge in [-0.2, -0.15) is 0 Å². The number of Topliss-reactive ketones (excluding diaryl/α,β-unsaturated/α-hetero) is 2. The van der Waals surface area contributed by atoms with Crippen LogP contribution in [0.5, 0.6) is 0 Å². The summed E-state index contributed by atoms with van der Waals surface area (Å²) in [4.78, 5) is 74.9. The highest BCUT2D eigenvalue weighted by Crippen LogP contribution is 2.29. The molecule has 0 aliphatic carbocycles. The van der Waals surface area contributed by atoms with Crippen LogP contribution in [-0.2, 0) is 33.4 Å². The van der Waals surface area contributed by atoms with E-state index < -0.39 is 41.6 Å². The van der Waals surface area contributed by atoms with Crippen LogP contribution in [0.2, 0.25) is 0 Å². The van der Waals surface area contributed by atoms with Crippen LogP contribution in [0.4, 0.5) is 0 Å². The number of carbonyl (C=O) groups is 6. The molecule has 0 aliphatic heterocycles. The number of amides is 1. The van der Waals surface area contributed by atoms with E-state index in [0.717, 1.165) is 16.7 Å². The molecule has 0 bridgehead atoms. The molecule has 1 amide bonds.